The second kappa shape index (κ2) is 7.44. The lowest BCUT2D eigenvalue weighted by atomic mass is 10.1. The molecule has 3 aromatic carbocycles. The molecule has 3 aromatic rings. The zero-order valence-electron chi connectivity index (χ0n) is 13.4. The van der Waals surface area contributed by atoms with Crippen molar-refractivity contribution in [2.45, 2.75) is 0 Å². The maximum absolute atomic E-state index is 11.7. The lowest BCUT2D eigenvalue weighted by molar-refractivity contribution is -0.385. The second-order valence-electron chi connectivity index (χ2n) is 5.47. The van der Waals surface area contributed by atoms with Gasteiger partial charge < -0.3 is 10.4 Å². The number of fused-ring (bicyclic) bond motifs is 1. The molecule has 0 radical (unpaired) electrons. The zero-order valence-corrected chi connectivity index (χ0v) is 13.4. The fourth-order valence-electron chi connectivity index (χ4n) is 2.55. The molecule has 126 valence electrons. The van der Waals surface area contributed by atoms with Gasteiger partial charge in [-0.05, 0) is 17.0 Å². The van der Waals surface area contributed by atoms with Gasteiger partial charge in [-0.15, -0.1) is 0 Å². The van der Waals surface area contributed by atoms with Crippen molar-refractivity contribution in [3.63, 3.8) is 0 Å². The first kappa shape index (κ1) is 16.4. The number of hydrogen-bond donors (Lipinski definition) is 1. The Bertz CT molecular complexity index is 933. The molecule has 0 amide bonds. The van der Waals surface area contributed by atoms with Crippen LogP contribution in [0.3, 0.4) is 0 Å². The van der Waals surface area contributed by atoms with Gasteiger partial charge in [0.25, 0.3) is 5.69 Å². The van der Waals surface area contributed by atoms with Crippen LogP contribution in [0.15, 0.2) is 65.7 Å². The first-order chi connectivity index (χ1) is 12.1. The SMILES string of the molecule is O=[N+]([O-])c1ccc([O-])c(C=NCCNc2cccc3ccccc23)c1. The number of aliphatic imine (C=N–C) groups is 1. The second-order valence-corrected chi connectivity index (χ2v) is 5.47. The normalized spacial score (nSPS) is 11.0. The Labute approximate surface area is 144 Å². The van der Waals surface area contributed by atoms with E-state index >= 15 is 0 Å². The highest BCUT2D eigenvalue weighted by Gasteiger charge is 2.05. The van der Waals surface area contributed by atoms with Gasteiger partial charge in [0.2, 0.25) is 0 Å². The summed E-state index contributed by atoms with van der Waals surface area (Å²) in [6.07, 6.45) is 1.39. The quantitative estimate of drug-likeness (QED) is 0.324. The zero-order chi connectivity index (χ0) is 17.6. The van der Waals surface area contributed by atoms with Crippen molar-refractivity contribution in [2.75, 3.05) is 18.4 Å². The fraction of sp³-hybridized carbons (Fsp3) is 0.105. The summed E-state index contributed by atoms with van der Waals surface area (Å²) in [5.74, 6) is -0.281. The molecule has 1 N–H and O–H groups in total. The van der Waals surface area contributed by atoms with Crippen molar-refractivity contribution in [1.29, 1.82) is 0 Å². The highest BCUT2D eigenvalue weighted by molar-refractivity contribution is 5.93. The van der Waals surface area contributed by atoms with Crippen LogP contribution >= 0.6 is 0 Å². The molecule has 0 aliphatic rings. The largest absolute Gasteiger partial charge is 0.872 e. The van der Waals surface area contributed by atoms with Crippen molar-refractivity contribution in [2.24, 2.45) is 4.99 Å². The van der Waals surface area contributed by atoms with E-state index in [1.807, 2.05) is 30.3 Å². The van der Waals surface area contributed by atoms with Crippen LogP contribution < -0.4 is 10.4 Å². The molecule has 0 spiro atoms. The van der Waals surface area contributed by atoms with E-state index in [0.717, 1.165) is 16.5 Å². The topological polar surface area (TPSA) is 90.6 Å². The third-order valence-electron chi connectivity index (χ3n) is 3.78. The molecule has 0 bridgehead atoms. The van der Waals surface area contributed by atoms with Gasteiger partial charge in [0, 0.05) is 36.0 Å². The van der Waals surface area contributed by atoms with Crippen molar-refractivity contribution in [1.82, 2.24) is 0 Å². The summed E-state index contributed by atoms with van der Waals surface area (Å²) in [6.45, 7) is 1.04. The highest BCUT2D eigenvalue weighted by atomic mass is 16.6. The van der Waals surface area contributed by atoms with Gasteiger partial charge in [-0.25, -0.2) is 0 Å². The first-order valence-electron chi connectivity index (χ1n) is 7.82. The van der Waals surface area contributed by atoms with E-state index in [1.165, 1.54) is 24.4 Å². The summed E-state index contributed by atoms with van der Waals surface area (Å²) in [7, 11) is 0. The molecule has 3 rings (SSSR count). The van der Waals surface area contributed by atoms with E-state index in [1.54, 1.807) is 0 Å². The number of nitro benzene ring substituents is 1. The van der Waals surface area contributed by atoms with Crippen molar-refractivity contribution < 1.29 is 10.0 Å². The molecular weight excluding hydrogens is 318 g/mol. The third kappa shape index (κ3) is 3.92. The van der Waals surface area contributed by atoms with Crippen LogP contribution in [0.4, 0.5) is 11.4 Å². The molecular formula is C19H16N3O3-. The van der Waals surface area contributed by atoms with Gasteiger partial charge >= 0.3 is 0 Å². The van der Waals surface area contributed by atoms with Crippen LogP contribution in [0, 0.1) is 10.1 Å². The Morgan fingerprint density at radius 3 is 2.72 bits per heavy atom. The van der Waals surface area contributed by atoms with Gasteiger partial charge in [-0.3, -0.25) is 15.1 Å². The Balaban J connectivity index is 1.62. The minimum absolute atomic E-state index is 0.116. The van der Waals surface area contributed by atoms with Gasteiger partial charge in [-0.2, -0.15) is 0 Å². The fourth-order valence-corrected chi connectivity index (χ4v) is 2.55. The van der Waals surface area contributed by atoms with Crippen LogP contribution in [0.25, 0.3) is 10.8 Å². The van der Waals surface area contributed by atoms with E-state index in [0.29, 0.717) is 13.1 Å². The van der Waals surface area contributed by atoms with E-state index < -0.39 is 4.92 Å². The Hall–Kier alpha value is -3.41. The van der Waals surface area contributed by atoms with Crippen molar-refractivity contribution >= 4 is 28.4 Å². The number of nitrogens with zero attached hydrogens (tertiary/aromatic N) is 2. The molecule has 0 heterocycles. The smallest absolute Gasteiger partial charge is 0.270 e. The number of anilines is 1. The van der Waals surface area contributed by atoms with Crippen LogP contribution in [0.5, 0.6) is 5.75 Å². The maximum atomic E-state index is 11.7. The summed E-state index contributed by atoms with van der Waals surface area (Å²) in [5, 5.41) is 28.1. The molecule has 0 fully saturated rings. The Morgan fingerprint density at radius 2 is 1.88 bits per heavy atom. The first-order valence-corrected chi connectivity index (χ1v) is 7.82. The van der Waals surface area contributed by atoms with Crippen LogP contribution in [-0.2, 0) is 0 Å². The molecule has 0 aliphatic carbocycles. The van der Waals surface area contributed by atoms with E-state index in [2.05, 4.69) is 22.4 Å². The molecule has 0 atom stereocenters. The Kier molecular flexibility index (Phi) is 4.89. The number of rotatable bonds is 6. The maximum Gasteiger partial charge on any atom is 0.270 e. The summed E-state index contributed by atoms with van der Waals surface area (Å²) >= 11 is 0. The minimum Gasteiger partial charge on any atom is -0.872 e. The molecule has 0 saturated heterocycles. The average Bonchev–Trinajstić information content (AvgIpc) is 2.62. The predicted molar refractivity (Wildman–Crippen MR) is 97.4 cm³/mol. The van der Waals surface area contributed by atoms with E-state index in [4.69, 9.17) is 0 Å². The average molecular weight is 334 g/mol. The van der Waals surface area contributed by atoms with E-state index in [9.17, 15) is 15.2 Å². The summed E-state index contributed by atoms with van der Waals surface area (Å²) in [5.41, 5.74) is 1.13. The van der Waals surface area contributed by atoms with Gasteiger partial charge in [0.15, 0.2) is 0 Å². The minimum atomic E-state index is -0.529. The van der Waals surface area contributed by atoms with Crippen LogP contribution in [0.2, 0.25) is 0 Å². The molecule has 6 nitrogen and oxygen atoms in total. The number of benzene rings is 3. The molecule has 0 saturated carbocycles. The van der Waals surface area contributed by atoms with Crippen molar-refractivity contribution in [3.05, 3.63) is 76.3 Å². The standard InChI is InChI=1S/C19H17N3O3/c23-19-9-8-16(22(24)25)12-15(19)13-20-10-11-21-18-7-3-5-14-4-1-2-6-17(14)18/h1-9,12-13,21,23H,10-11H2/p-1. The molecule has 6 heteroatoms. The third-order valence-corrected chi connectivity index (χ3v) is 3.78. The summed E-state index contributed by atoms with van der Waals surface area (Å²) in [6, 6.07) is 17.8. The van der Waals surface area contributed by atoms with Crippen LogP contribution in [0.1, 0.15) is 5.56 Å². The number of non-ortho nitro benzene ring substituents is 1. The number of nitrogens with one attached hydrogen (secondary N) is 1. The lowest BCUT2D eigenvalue weighted by Gasteiger charge is -2.09. The van der Waals surface area contributed by atoms with Crippen LogP contribution in [-0.4, -0.2) is 24.2 Å². The van der Waals surface area contributed by atoms with Gasteiger partial charge in [-0.1, -0.05) is 48.2 Å². The lowest BCUT2D eigenvalue weighted by Crippen LogP contribution is -2.06. The monoisotopic (exact) mass is 334 g/mol. The van der Waals surface area contributed by atoms with Gasteiger partial charge in [0.05, 0.1) is 11.5 Å². The molecule has 0 aromatic heterocycles. The molecule has 0 aliphatic heterocycles. The summed E-state index contributed by atoms with van der Waals surface area (Å²) < 4.78 is 0. The van der Waals surface area contributed by atoms with Crippen molar-refractivity contribution in [3.8, 4) is 5.75 Å². The van der Waals surface area contributed by atoms with Gasteiger partial charge in [0.1, 0.15) is 0 Å². The Morgan fingerprint density at radius 1 is 1.08 bits per heavy atom. The highest BCUT2D eigenvalue weighted by Crippen LogP contribution is 2.22. The molecule has 0 unspecified atom stereocenters. The van der Waals surface area contributed by atoms with E-state index in [-0.39, 0.29) is 17.0 Å². The predicted octanol–water partition coefficient (Wildman–Crippen LogP) is 3.35. The summed E-state index contributed by atoms with van der Waals surface area (Å²) in [4.78, 5) is 14.4. The number of hydrogen-bond acceptors (Lipinski definition) is 5. The molecule has 25 heavy (non-hydrogen) atoms. The number of nitro groups is 1.